The fourth-order valence-electron chi connectivity index (χ4n) is 2.11. The number of para-hydroxylation sites is 1. The standard InChI is InChI=1S/C18H24NO4P/c1-2-3-4-8-15-21-16-11-13-18(14-12-16)23-24(19,20)22-17-9-6-5-7-10-17/h5-7,9-14H,2-4,8,15H2,1H3,(H2,19,20). The van der Waals surface area contributed by atoms with E-state index in [0.717, 1.165) is 12.2 Å². The van der Waals surface area contributed by atoms with Crippen LogP contribution in [0.3, 0.4) is 0 Å². The molecular weight excluding hydrogens is 325 g/mol. The van der Waals surface area contributed by atoms with E-state index in [9.17, 15) is 4.57 Å². The van der Waals surface area contributed by atoms with Crippen molar-refractivity contribution in [2.24, 2.45) is 5.50 Å². The van der Waals surface area contributed by atoms with E-state index in [1.165, 1.54) is 19.3 Å². The topological polar surface area (TPSA) is 70.8 Å². The molecule has 1 atom stereocenters. The van der Waals surface area contributed by atoms with Gasteiger partial charge in [0.25, 0.3) is 0 Å². The zero-order valence-electron chi connectivity index (χ0n) is 13.9. The molecular formula is C18H24NO4P. The lowest BCUT2D eigenvalue weighted by Gasteiger charge is -2.15. The normalized spacial score (nSPS) is 13.1. The molecule has 0 spiro atoms. The molecule has 1 unspecified atom stereocenters. The van der Waals surface area contributed by atoms with Gasteiger partial charge in [-0.1, -0.05) is 44.4 Å². The molecule has 2 rings (SSSR count). The Bertz CT molecular complexity index is 646. The van der Waals surface area contributed by atoms with Crippen LogP contribution in [0.2, 0.25) is 0 Å². The van der Waals surface area contributed by atoms with Gasteiger partial charge in [-0.25, -0.2) is 10.1 Å². The van der Waals surface area contributed by atoms with Gasteiger partial charge in [0.15, 0.2) is 0 Å². The van der Waals surface area contributed by atoms with E-state index in [-0.39, 0.29) is 0 Å². The van der Waals surface area contributed by atoms with Crippen LogP contribution in [0.5, 0.6) is 17.2 Å². The lowest BCUT2D eigenvalue weighted by atomic mass is 10.2. The SMILES string of the molecule is CCCCCCOc1ccc(OP(N)(=O)Oc2ccccc2)cc1. The average molecular weight is 349 g/mol. The Kier molecular flexibility index (Phi) is 7.16. The molecule has 2 aromatic rings. The quantitative estimate of drug-likeness (QED) is 0.473. The van der Waals surface area contributed by atoms with Crippen LogP contribution in [0.25, 0.3) is 0 Å². The van der Waals surface area contributed by atoms with Gasteiger partial charge in [0.1, 0.15) is 17.2 Å². The molecule has 2 N–H and O–H groups in total. The number of hydrogen-bond acceptors (Lipinski definition) is 4. The molecule has 2 aromatic carbocycles. The summed E-state index contributed by atoms with van der Waals surface area (Å²) in [5.41, 5.74) is 5.63. The van der Waals surface area contributed by atoms with Gasteiger partial charge in [-0.05, 0) is 42.8 Å². The number of ether oxygens (including phenoxy) is 1. The zero-order chi connectivity index (χ0) is 17.3. The van der Waals surface area contributed by atoms with E-state index < -0.39 is 7.75 Å². The summed E-state index contributed by atoms with van der Waals surface area (Å²) in [7, 11) is -3.73. The van der Waals surface area contributed by atoms with Crippen molar-refractivity contribution in [2.45, 2.75) is 32.6 Å². The third-order valence-electron chi connectivity index (χ3n) is 3.30. The second kappa shape index (κ2) is 9.36. The minimum atomic E-state index is -3.73. The molecule has 0 heterocycles. The third-order valence-corrected chi connectivity index (χ3v) is 4.23. The Hall–Kier alpha value is -1.97. The summed E-state index contributed by atoms with van der Waals surface area (Å²) >= 11 is 0. The van der Waals surface area contributed by atoms with E-state index in [2.05, 4.69) is 6.92 Å². The van der Waals surface area contributed by atoms with Crippen molar-refractivity contribution in [1.82, 2.24) is 0 Å². The van der Waals surface area contributed by atoms with Gasteiger partial charge >= 0.3 is 7.75 Å². The van der Waals surface area contributed by atoms with Gasteiger partial charge in [0.2, 0.25) is 0 Å². The average Bonchev–Trinajstić information content (AvgIpc) is 2.56. The fraction of sp³-hybridized carbons (Fsp3) is 0.333. The third kappa shape index (κ3) is 6.65. The van der Waals surface area contributed by atoms with Crippen LogP contribution < -0.4 is 19.3 Å². The first-order chi connectivity index (χ1) is 11.6. The Labute approximate surface area is 143 Å². The fourth-order valence-corrected chi connectivity index (χ4v) is 2.98. The first kappa shape index (κ1) is 18.4. The van der Waals surface area contributed by atoms with E-state index in [4.69, 9.17) is 19.3 Å². The summed E-state index contributed by atoms with van der Waals surface area (Å²) in [5, 5.41) is 0. The van der Waals surface area contributed by atoms with Gasteiger partial charge < -0.3 is 13.8 Å². The Morgan fingerprint density at radius 3 is 2.04 bits per heavy atom. The molecule has 24 heavy (non-hydrogen) atoms. The maximum Gasteiger partial charge on any atom is 0.510 e. The Balaban J connectivity index is 1.83. The van der Waals surface area contributed by atoms with E-state index in [1.54, 1.807) is 48.5 Å². The van der Waals surface area contributed by atoms with Crippen molar-refractivity contribution in [3.63, 3.8) is 0 Å². The van der Waals surface area contributed by atoms with Gasteiger partial charge in [0, 0.05) is 0 Å². The van der Waals surface area contributed by atoms with Crippen molar-refractivity contribution in [2.75, 3.05) is 6.61 Å². The van der Waals surface area contributed by atoms with Crippen LogP contribution in [0, 0.1) is 0 Å². The molecule has 0 aliphatic carbocycles. The van der Waals surface area contributed by atoms with Gasteiger partial charge in [-0.2, -0.15) is 0 Å². The summed E-state index contributed by atoms with van der Waals surface area (Å²) in [6.07, 6.45) is 4.64. The first-order valence-electron chi connectivity index (χ1n) is 8.15. The van der Waals surface area contributed by atoms with Crippen LogP contribution in [-0.4, -0.2) is 6.61 Å². The van der Waals surface area contributed by atoms with Crippen molar-refractivity contribution < 1.29 is 18.3 Å². The molecule has 0 aromatic heterocycles. The van der Waals surface area contributed by atoms with Crippen molar-refractivity contribution in [1.29, 1.82) is 0 Å². The second-order valence-corrected chi connectivity index (χ2v) is 6.86. The molecule has 0 radical (unpaired) electrons. The number of rotatable bonds is 10. The summed E-state index contributed by atoms with van der Waals surface area (Å²) in [4.78, 5) is 0. The number of benzene rings is 2. The summed E-state index contributed by atoms with van der Waals surface area (Å²) in [6, 6.07) is 15.5. The largest absolute Gasteiger partial charge is 0.510 e. The predicted octanol–water partition coefficient (Wildman–Crippen LogP) is 5.17. The minimum Gasteiger partial charge on any atom is -0.494 e. The van der Waals surface area contributed by atoms with Gasteiger partial charge in [0.05, 0.1) is 6.61 Å². The molecule has 6 heteroatoms. The maximum absolute atomic E-state index is 12.2. The van der Waals surface area contributed by atoms with E-state index in [0.29, 0.717) is 18.1 Å². The monoisotopic (exact) mass is 349 g/mol. The molecule has 0 aliphatic rings. The van der Waals surface area contributed by atoms with E-state index >= 15 is 0 Å². The molecule has 0 fully saturated rings. The summed E-state index contributed by atoms with van der Waals surface area (Å²) in [6.45, 7) is 2.87. The van der Waals surface area contributed by atoms with Crippen LogP contribution in [0.4, 0.5) is 0 Å². The molecule has 0 aliphatic heterocycles. The molecule has 5 nitrogen and oxygen atoms in total. The smallest absolute Gasteiger partial charge is 0.494 e. The number of unbranched alkanes of at least 4 members (excludes halogenated alkanes) is 3. The highest BCUT2D eigenvalue weighted by molar-refractivity contribution is 7.52. The highest BCUT2D eigenvalue weighted by atomic mass is 31.2. The van der Waals surface area contributed by atoms with Crippen LogP contribution >= 0.6 is 7.75 Å². The highest BCUT2D eigenvalue weighted by Gasteiger charge is 2.21. The Morgan fingerprint density at radius 2 is 1.42 bits per heavy atom. The predicted molar refractivity (Wildman–Crippen MR) is 95.6 cm³/mol. The molecule has 0 saturated heterocycles. The first-order valence-corrected chi connectivity index (χ1v) is 9.76. The lowest BCUT2D eigenvalue weighted by Crippen LogP contribution is -2.09. The highest BCUT2D eigenvalue weighted by Crippen LogP contribution is 2.41. The molecule has 0 bridgehead atoms. The summed E-state index contributed by atoms with van der Waals surface area (Å²) < 4.78 is 28.4. The molecule has 0 saturated carbocycles. The number of nitrogens with two attached hydrogens (primary N) is 1. The Morgan fingerprint density at radius 1 is 0.833 bits per heavy atom. The zero-order valence-corrected chi connectivity index (χ0v) is 14.8. The van der Waals surface area contributed by atoms with Crippen molar-refractivity contribution in [3.05, 3.63) is 54.6 Å². The maximum atomic E-state index is 12.2. The van der Waals surface area contributed by atoms with Gasteiger partial charge in [-0.3, -0.25) is 0 Å². The van der Waals surface area contributed by atoms with Crippen molar-refractivity contribution >= 4 is 7.75 Å². The lowest BCUT2D eigenvalue weighted by molar-refractivity contribution is 0.304. The van der Waals surface area contributed by atoms with Crippen LogP contribution in [-0.2, 0) is 4.57 Å². The molecule has 130 valence electrons. The van der Waals surface area contributed by atoms with Crippen molar-refractivity contribution in [3.8, 4) is 17.2 Å². The van der Waals surface area contributed by atoms with E-state index in [1.807, 2.05) is 6.07 Å². The second-order valence-electron chi connectivity index (χ2n) is 5.42. The number of hydrogen-bond donors (Lipinski definition) is 1. The van der Waals surface area contributed by atoms with Crippen LogP contribution in [0.1, 0.15) is 32.6 Å². The van der Waals surface area contributed by atoms with Crippen LogP contribution in [0.15, 0.2) is 54.6 Å². The summed E-state index contributed by atoms with van der Waals surface area (Å²) in [5.74, 6) is 1.51. The molecule has 0 amide bonds. The van der Waals surface area contributed by atoms with Gasteiger partial charge in [-0.15, -0.1) is 0 Å². The minimum absolute atomic E-state index is 0.370.